The number of anilines is 1. The fourth-order valence-corrected chi connectivity index (χ4v) is 1.86. The molecule has 0 fully saturated rings. The minimum Gasteiger partial charge on any atom is -0.504 e. The molecule has 0 saturated carbocycles. The molecule has 0 aliphatic rings. The van der Waals surface area contributed by atoms with Gasteiger partial charge in [0.1, 0.15) is 0 Å². The second-order valence-corrected chi connectivity index (χ2v) is 4.50. The molecule has 2 rings (SSSR count). The molecule has 1 aromatic carbocycles. The van der Waals surface area contributed by atoms with Gasteiger partial charge in [0.05, 0.1) is 12.0 Å². The Morgan fingerprint density at radius 3 is 2.80 bits per heavy atom. The van der Waals surface area contributed by atoms with Gasteiger partial charge in [-0.3, -0.25) is 0 Å². The smallest absolute Gasteiger partial charge is 0.360 e. The van der Waals surface area contributed by atoms with Gasteiger partial charge < -0.3 is 19.5 Å². The molecular weight excluding hydrogens is 219 g/mol. The third kappa shape index (κ3) is 1.97. The van der Waals surface area contributed by atoms with Crippen molar-refractivity contribution in [2.75, 3.05) is 5.09 Å². The predicted octanol–water partition coefficient (Wildman–Crippen LogP) is 1.61. The molecule has 0 aliphatic carbocycles. The van der Waals surface area contributed by atoms with Crippen LogP contribution < -0.4 is 10.6 Å². The van der Waals surface area contributed by atoms with Gasteiger partial charge in [-0.05, 0) is 18.2 Å². The molecule has 6 nitrogen and oxygen atoms in total. The first-order valence-electron chi connectivity index (χ1n) is 4.06. The van der Waals surface area contributed by atoms with Crippen molar-refractivity contribution < 1.29 is 19.0 Å². The minimum absolute atomic E-state index is 0.0367. The Labute approximate surface area is 84.9 Å². The number of fused-ring (bicyclic) bond motifs is 1. The highest BCUT2D eigenvalue weighted by Crippen LogP contribution is 2.38. The van der Waals surface area contributed by atoms with E-state index < -0.39 is 7.67 Å². The summed E-state index contributed by atoms with van der Waals surface area (Å²) in [5.41, 5.74) is 5.55. The minimum atomic E-state index is -3.86. The molecular formula is C8H9N2O4P. The van der Waals surface area contributed by atoms with E-state index in [0.29, 0.717) is 11.1 Å². The van der Waals surface area contributed by atoms with Gasteiger partial charge in [0.25, 0.3) is 0 Å². The Morgan fingerprint density at radius 2 is 2.13 bits per heavy atom. The Morgan fingerprint density at radius 1 is 1.40 bits per heavy atom. The summed E-state index contributed by atoms with van der Waals surface area (Å²) < 4.78 is 16.0. The predicted molar refractivity (Wildman–Crippen MR) is 55.5 cm³/mol. The van der Waals surface area contributed by atoms with Crippen LogP contribution in [0.3, 0.4) is 0 Å². The van der Waals surface area contributed by atoms with Crippen LogP contribution in [-0.2, 0) is 4.57 Å². The monoisotopic (exact) mass is 228 g/mol. The zero-order valence-electron chi connectivity index (χ0n) is 7.54. The maximum atomic E-state index is 11.0. The summed E-state index contributed by atoms with van der Waals surface area (Å²) in [6, 6.07) is 4.36. The summed E-state index contributed by atoms with van der Waals surface area (Å²) in [5, 5.41) is 12.1. The SMILES string of the molecule is NP(=O)(O)Nc1ccc(O)c2occc12. The van der Waals surface area contributed by atoms with E-state index in [9.17, 15) is 9.67 Å². The molecule has 0 radical (unpaired) electrons. The van der Waals surface area contributed by atoms with Gasteiger partial charge in [-0.25, -0.2) is 10.1 Å². The second kappa shape index (κ2) is 3.27. The van der Waals surface area contributed by atoms with Crippen molar-refractivity contribution in [1.82, 2.24) is 0 Å². The van der Waals surface area contributed by atoms with E-state index in [4.69, 9.17) is 14.8 Å². The number of furan rings is 1. The normalized spacial score (nSPS) is 15.1. The van der Waals surface area contributed by atoms with Gasteiger partial charge in [-0.1, -0.05) is 0 Å². The molecule has 15 heavy (non-hydrogen) atoms. The largest absolute Gasteiger partial charge is 0.504 e. The highest BCUT2D eigenvalue weighted by molar-refractivity contribution is 7.57. The van der Waals surface area contributed by atoms with Crippen LogP contribution in [0, 0.1) is 0 Å². The lowest BCUT2D eigenvalue weighted by Gasteiger charge is -2.09. The van der Waals surface area contributed by atoms with E-state index in [1.54, 1.807) is 6.07 Å². The van der Waals surface area contributed by atoms with Gasteiger partial charge in [-0.2, -0.15) is 0 Å². The van der Waals surface area contributed by atoms with Crippen LogP contribution in [0.4, 0.5) is 5.69 Å². The van der Waals surface area contributed by atoms with Crippen molar-refractivity contribution in [2.45, 2.75) is 0 Å². The van der Waals surface area contributed by atoms with Crippen LogP contribution in [-0.4, -0.2) is 10.00 Å². The first-order valence-corrected chi connectivity index (χ1v) is 5.79. The third-order valence-electron chi connectivity index (χ3n) is 1.88. The Kier molecular flexibility index (Phi) is 2.19. The molecule has 1 heterocycles. The summed E-state index contributed by atoms with van der Waals surface area (Å²) in [6.07, 6.45) is 1.37. The van der Waals surface area contributed by atoms with Gasteiger partial charge in [0, 0.05) is 5.39 Å². The lowest BCUT2D eigenvalue weighted by Crippen LogP contribution is -2.03. The number of hydrogen-bond donors (Lipinski definition) is 4. The van der Waals surface area contributed by atoms with Crippen LogP contribution in [0.25, 0.3) is 11.0 Å². The molecule has 80 valence electrons. The lowest BCUT2D eigenvalue weighted by molar-refractivity contribution is 0.465. The maximum Gasteiger partial charge on any atom is 0.360 e. The first-order chi connectivity index (χ1) is 6.97. The van der Waals surface area contributed by atoms with Crippen LogP contribution in [0.1, 0.15) is 0 Å². The van der Waals surface area contributed by atoms with Crippen molar-refractivity contribution >= 4 is 24.3 Å². The Hall–Kier alpha value is -1.49. The van der Waals surface area contributed by atoms with Gasteiger partial charge in [0.2, 0.25) is 0 Å². The number of phenolic OH excluding ortho intramolecular Hbond substituents is 1. The lowest BCUT2D eigenvalue weighted by atomic mass is 10.2. The fourth-order valence-electron chi connectivity index (χ4n) is 1.32. The van der Waals surface area contributed by atoms with Gasteiger partial charge in [-0.15, -0.1) is 0 Å². The third-order valence-corrected chi connectivity index (χ3v) is 2.44. The number of hydrogen-bond acceptors (Lipinski definition) is 3. The number of benzene rings is 1. The second-order valence-electron chi connectivity index (χ2n) is 3.03. The molecule has 1 unspecified atom stereocenters. The van der Waals surface area contributed by atoms with Crippen molar-refractivity contribution in [3.8, 4) is 5.75 Å². The Balaban J connectivity index is 2.58. The summed E-state index contributed by atoms with van der Waals surface area (Å²) >= 11 is 0. The van der Waals surface area contributed by atoms with E-state index in [1.807, 2.05) is 0 Å². The summed E-state index contributed by atoms with van der Waals surface area (Å²) in [4.78, 5) is 8.97. The standard InChI is InChI=1S/C8H9N2O4P/c9-15(12,13)10-6-1-2-7(11)8-5(6)3-4-14-8/h1-4,11H,(H4,9,10,12,13). The number of nitrogens with two attached hydrogens (primary N) is 1. The van der Waals surface area contributed by atoms with Crippen molar-refractivity contribution in [2.24, 2.45) is 5.50 Å². The van der Waals surface area contributed by atoms with Crippen LogP contribution in [0.15, 0.2) is 28.9 Å². The fraction of sp³-hybridized carbons (Fsp3) is 0. The van der Waals surface area contributed by atoms with E-state index >= 15 is 0 Å². The van der Waals surface area contributed by atoms with Crippen LogP contribution >= 0.6 is 7.67 Å². The summed E-state index contributed by atoms with van der Waals surface area (Å²) in [6.45, 7) is 0. The molecule has 0 amide bonds. The zero-order chi connectivity index (χ0) is 11.1. The van der Waals surface area contributed by atoms with E-state index in [-0.39, 0.29) is 11.3 Å². The van der Waals surface area contributed by atoms with Gasteiger partial charge in [0.15, 0.2) is 11.3 Å². The summed E-state index contributed by atoms with van der Waals surface area (Å²) in [7, 11) is -3.86. The highest BCUT2D eigenvalue weighted by atomic mass is 31.2. The van der Waals surface area contributed by atoms with Crippen molar-refractivity contribution in [3.63, 3.8) is 0 Å². The number of aromatic hydroxyl groups is 1. The molecule has 0 spiro atoms. The Bertz CT molecular complexity index is 545. The summed E-state index contributed by atoms with van der Waals surface area (Å²) in [5.74, 6) is -0.0367. The zero-order valence-corrected chi connectivity index (χ0v) is 8.44. The average Bonchev–Trinajstić information content (AvgIpc) is 2.57. The maximum absolute atomic E-state index is 11.0. The van der Waals surface area contributed by atoms with E-state index in [1.165, 1.54) is 18.4 Å². The highest BCUT2D eigenvalue weighted by Gasteiger charge is 2.14. The molecule has 5 N–H and O–H groups in total. The van der Waals surface area contributed by atoms with E-state index in [2.05, 4.69) is 5.09 Å². The number of phenols is 1. The van der Waals surface area contributed by atoms with Crippen molar-refractivity contribution in [3.05, 3.63) is 24.5 Å². The average molecular weight is 228 g/mol. The molecule has 2 aromatic rings. The molecule has 0 saturated heterocycles. The van der Waals surface area contributed by atoms with E-state index in [0.717, 1.165) is 0 Å². The number of nitrogens with one attached hydrogen (secondary N) is 1. The molecule has 7 heteroatoms. The number of rotatable bonds is 2. The van der Waals surface area contributed by atoms with Gasteiger partial charge >= 0.3 is 7.67 Å². The molecule has 1 aromatic heterocycles. The quantitative estimate of drug-likeness (QED) is 0.459. The van der Waals surface area contributed by atoms with Crippen molar-refractivity contribution in [1.29, 1.82) is 0 Å². The molecule has 1 atom stereocenters. The first kappa shape index (κ1) is 10.0. The molecule has 0 aliphatic heterocycles. The van der Waals surface area contributed by atoms with Crippen LogP contribution in [0.2, 0.25) is 0 Å². The topological polar surface area (TPSA) is 109 Å². The molecule has 0 bridgehead atoms. The van der Waals surface area contributed by atoms with Crippen LogP contribution in [0.5, 0.6) is 5.75 Å².